The Bertz CT molecular complexity index is 1990. The number of benzene rings is 2. The quantitative estimate of drug-likeness (QED) is 0.161. The van der Waals surface area contributed by atoms with Crippen molar-refractivity contribution in [1.82, 2.24) is 24.3 Å². The van der Waals surface area contributed by atoms with Gasteiger partial charge in [0.2, 0.25) is 11.9 Å². The number of carbonyl (C=O) groups is 1. The second-order valence-electron chi connectivity index (χ2n) is 11.0. The van der Waals surface area contributed by atoms with Gasteiger partial charge in [-0.05, 0) is 80.0 Å². The summed E-state index contributed by atoms with van der Waals surface area (Å²) in [7, 11) is 4.04. The minimum Gasteiger partial charge on any atom is -0.326 e. The summed E-state index contributed by atoms with van der Waals surface area (Å²) in [5.41, 5.74) is 3.69. The molecular formula is C34H30F3N7OS. The van der Waals surface area contributed by atoms with E-state index in [4.69, 9.17) is 9.97 Å². The molecule has 0 radical (unpaired) electrons. The molecule has 0 unspecified atom stereocenters. The number of imidazole rings is 1. The summed E-state index contributed by atoms with van der Waals surface area (Å²) < 4.78 is 42.8. The number of rotatable bonds is 10. The lowest BCUT2D eigenvalue weighted by Gasteiger charge is -2.12. The highest BCUT2D eigenvalue weighted by atomic mass is 32.1. The molecule has 0 aliphatic rings. The van der Waals surface area contributed by atoms with Gasteiger partial charge in [0.25, 0.3) is 0 Å². The molecule has 4 heterocycles. The van der Waals surface area contributed by atoms with Gasteiger partial charge in [0.05, 0.1) is 29.1 Å². The van der Waals surface area contributed by atoms with E-state index in [1.54, 1.807) is 36.5 Å². The number of hydrogen-bond acceptors (Lipinski definition) is 7. The summed E-state index contributed by atoms with van der Waals surface area (Å²) in [4.78, 5) is 29.6. The van der Waals surface area contributed by atoms with Crippen LogP contribution in [0.3, 0.4) is 0 Å². The van der Waals surface area contributed by atoms with Gasteiger partial charge in [0, 0.05) is 40.8 Å². The first-order valence-electron chi connectivity index (χ1n) is 14.5. The van der Waals surface area contributed by atoms with Gasteiger partial charge in [-0.1, -0.05) is 30.3 Å². The van der Waals surface area contributed by atoms with Crippen LogP contribution >= 0.6 is 11.3 Å². The number of aromatic nitrogens is 4. The van der Waals surface area contributed by atoms with E-state index in [0.717, 1.165) is 41.4 Å². The van der Waals surface area contributed by atoms with Crippen molar-refractivity contribution in [3.63, 3.8) is 0 Å². The highest BCUT2D eigenvalue weighted by Crippen LogP contribution is 2.36. The zero-order valence-electron chi connectivity index (χ0n) is 25.0. The maximum absolute atomic E-state index is 13.8. The molecule has 0 atom stereocenters. The van der Waals surface area contributed by atoms with E-state index in [2.05, 4.69) is 20.5 Å². The second kappa shape index (κ2) is 13.1. The molecule has 0 fully saturated rings. The molecule has 4 aromatic heterocycles. The van der Waals surface area contributed by atoms with Gasteiger partial charge in [-0.15, -0.1) is 11.3 Å². The molecule has 0 bridgehead atoms. The third-order valence-electron chi connectivity index (χ3n) is 7.21. The van der Waals surface area contributed by atoms with Crippen molar-refractivity contribution in [1.29, 1.82) is 0 Å². The van der Waals surface area contributed by atoms with Gasteiger partial charge in [0.1, 0.15) is 5.65 Å². The summed E-state index contributed by atoms with van der Waals surface area (Å²) >= 11 is 1.50. The van der Waals surface area contributed by atoms with Crippen LogP contribution < -0.4 is 10.6 Å². The highest BCUT2D eigenvalue weighted by molar-refractivity contribution is 7.10. The molecule has 1 amide bonds. The Morgan fingerprint density at radius 3 is 2.57 bits per heavy atom. The summed E-state index contributed by atoms with van der Waals surface area (Å²) in [5, 5.41) is 8.06. The van der Waals surface area contributed by atoms with Crippen LogP contribution in [0.4, 0.5) is 30.5 Å². The molecule has 0 saturated heterocycles. The Kier molecular flexibility index (Phi) is 8.82. The normalized spacial score (nSPS) is 11.7. The van der Waals surface area contributed by atoms with Crippen LogP contribution in [0.1, 0.15) is 16.0 Å². The van der Waals surface area contributed by atoms with E-state index in [1.807, 2.05) is 55.9 Å². The van der Waals surface area contributed by atoms with Gasteiger partial charge in [-0.3, -0.25) is 9.20 Å². The van der Waals surface area contributed by atoms with E-state index in [1.165, 1.54) is 21.8 Å². The Morgan fingerprint density at radius 2 is 1.78 bits per heavy atom. The molecule has 2 aromatic carbocycles. The highest BCUT2D eigenvalue weighted by Gasteiger charge is 2.32. The van der Waals surface area contributed by atoms with Crippen LogP contribution in [-0.2, 0) is 23.8 Å². The van der Waals surface area contributed by atoms with E-state index >= 15 is 0 Å². The number of halogens is 3. The molecule has 0 spiro atoms. The molecule has 0 saturated carbocycles. The SMILES string of the molecule is CN(C)CCc1cccc(Nc2nccc(-c3c(-c4cccc(NC(=O)Cc5cccs5)c4)nc4ccc(C(F)(F)F)cn34)n2)c1. The number of likely N-dealkylation sites (N-methyl/N-ethyl adjacent to an activating group) is 1. The van der Waals surface area contributed by atoms with Gasteiger partial charge in [-0.2, -0.15) is 13.2 Å². The molecule has 46 heavy (non-hydrogen) atoms. The van der Waals surface area contributed by atoms with E-state index in [-0.39, 0.29) is 18.3 Å². The lowest BCUT2D eigenvalue weighted by molar-refractivity contribution is -0.137. The number of thiophene rings is 1. The van der Waals surface area contributed by atoms with Crippen molar-refractivity contribution in [2.24, 2.45) is 0 Å². The third-order valence-corrected chi connectivity index (χ3v) is 8.09. The lowest BCUT2D eigenvalue weighted by atomic mass is 10.1. The molecule has 6 rings (SSSR count). The van der Waals surface area contributed by atoms with E-state index in [0.29, 0.717) is 34.0 Å². The number of amides is 1. The summed E-state index contributed by atoms with van der Waals surface area (Å²) in [6.45, 7) is 0.895. The predicted octanol–water partition coefficient (Wildman–Crippen LogP) is 7.57. The topological polar surface area (TPSA) is 87.5 Å². The molecule has 0 aliphatic heterocycles. The van der Waals surface area contributed by atoms with Crippen LogP contribution in [0, 0.1) is 0 Å². The fourth-order valence-corrected chi connectivity index (χ4v) is 5.72. The predicted molar refractivity (Wildman–Crippen MR) is 175 cm³/mol. The van der Waals surface area contributed by atoms with Crippen LogP contribution in [0.25, 0.3) is 28.3 Å². The fraction of sp³-hybridized carbons (Fsp3) is 0.176. The average molecular weight is 642 g/mol. The van der Waals surface area contributed by atoms with Crippen LogP contribution in [0.2, 0.25) is 0 Å². The van der Waals surface area contributed by atoms with Crippen molar-refractivity contribution >= 4 is 40.2 Å². The molecule has 8 nitrogen and oxygen atoms in total. The first-order valence-corrected chi connectivity index (χ1v) is 15.4. The van der Waals surface area contributed by atoms with Crippen LogP contribution in [-0.4, -0.2) is 50.8 Å². The first kappa shape index (κ1) is 30.9. The summed E-state index contributed by atoms with van der Waals surface area (Å²) in [6, 6.07) is 22.8. The zero-order valence-corrected chi connectivity index (χ0v) is 25.9. The van der Waals surface area contributed by atoms with Crippen molar-refractivity contribution in [2.45, 2.75) is 19.0 Å². The maximum Gasteiger partial charge on any atom is 0.417 e. The Morgan fingerprint density at radius 1 is 0.957 bits per heavy atom. The van der Waals surface area contributed by atoms with E-state index in [9.17, 15) is 18.0 Å². The molecule has 0 aliphatic carbocycles. The molecule has 6 aromatic rings. The van der Waals surface area contributed by atoms with Gasteiger partial charge >= 0.3 is 6.18 Å². The second-order valence-corrected chi connectivity index (χ2v) is 12.0. The van der Waals surface area contributed by atoms with Gasteiger partial charge in [0.15, 0.2) is 0 Å². The largest absolute Gasteiger partial charge is 0.417 e. The number of nitrogens with zero attached hydrogens (tertiary/aromatic N) is 5. The molecule has 2 N–H and O–H groups in total. The number of carbonyl (C=O) groups excluding carboxylic acids is 1. The first-order chi connectivity index (χ1) is 22.1. The minimum atomic E-state index is -4.56. The number of fused-ring (bicyclic) bond motifs is 1. The van der Waals surface area contributed by atoms with Crippen molar-refractivity contribution in [3.8, 4) is 22.6 Å². The standard InChI is InChI=1S/C34H30F3N7OS/c1-43(2)16-14-22-6-3-8-25(18-22)40-33-38-15-13-28(41-33)32-31(42-29-12-11-24(21-44(29)32)34(35,36)37)23-7-4-9-26(19-23)39-30(45)20-27-10-5-17-46-27/h3-13,15,17-19,21H,14,16,20H2,1-2H3,(H,39,45)(H,38,40,41). The summed E-state index contributed by atoms with van der Waals surface area (Å²) in [6.07, 6.45) is -0.880. The van der Waals surface area contributed by atoms with Crippen LogP contribution in [0.15, 0.2) is 96.6 Å². The molecular weight excluding hydrogens is 611 g/mol. The van der Waals surface area contributed by atoms with Gasteiger partial charge in [-0.25, -0.2) is 15.0 Å². The minimum absolute atomic E-state index is 0.179. The van der Waals surface area contributed by atoms with Crippen molar-refractivity contribution in [3.05, 3.63) is 113 Å². The van der Waals surface area contributed by atoms with Crippen LogP contribution in [0.5, 0.6) is 0 Å². The number of anilines is 3. The van der Waals surface area contributed by atoms with Crippen molar-refractivity contribution in [2.75, 3.05) is 31.3 Å². The number of nitrogens with one attached hydrogen (secondary N) is 2. The van der Waals surface area contributed by atoms with E-state index < -0.39 is 11.7 Å². The van der Waals surface area contributed by atoms with Crippen molar-refractivity contribution < 1.29 is 18.0 Å². The molecule has 12 heteroatoms. The maximum atomic E-state index is 13.8. The zero-order chi connectivity index (χ0) is 32.3. The smallest absolute Gasteiger partial charge is 0.326 e. The lowest BCUT2D eigenvalue weighted by Crippen LogP contribution is -2.15. The number of pyridine rings is 1. The summed E-state index contributed by atoms with van der Waals surface area (Å²) in [5.74, 6) is 0.103. The Labute approximate surface area is 267 Å². The third kappa shape index (κ3) is 7.24. The average Bonchev–Trinajstić information content (AvgIpc) is 3.67. The Balaban J connectivity index is 1.38. The number of alkyl halides is 3. The monoisotopic (exact) mass is 641 g/mol. The molecule has 234 valence electrons. The number of hydrogen-bond donors (Lipinski definition) is 2. The Hall–Kier alpha value is -5.07. The van der Waals surface area contributed by atoms with Gasteiger partial charge < -0.3 is 15.5 Å². The fourth-order valence-electron chi connectivity index (χ4n) is 5.02.